The lowest BCUT2D eigenvalue weighted by molar-refractivity contribution is 0.101. The standard InChI is InChI=1S/C17H15NO3/c1-18(2)12-5-3-11(4-6-12)9-16-17(20)14-8-7-13(19)10-15(14)21-16/h3-10,19H,1-2H3/b16-9-. The van der Waals surface area contributed by atoms with Gasteiger partial charge in [-0.1, -0.05) is 12.1 Å². The van der Waals surface area contributed by atoms with Crippen molar-refractivity contribution in [1.82, 2.24) is 0 Å². The Labute approximate surface area is 122 Å². The molecule has 3 rings (SSSR count). The summed E-state index contributed by atoms with van der Waals surface area (Å²) in [5.74, 6) is 0.587. The number of hydrogen-bond donors (Lipinski definition) is 1. The zero-order valence-corrected chi connectivity index (χ0v) is 11.8. The van der Waals surface area contributed by atoms with Gasteiger partial charge in [-0.05, 0) is 35.9 Å². The number of phenolic OH excluding ortho intramolecular Hbond substituents is 1. The van der Waals surface area contributed by atoms with E-state index in [0.29, 0.717) is 11.3 Å². The van der Waals surface area contributed by atoms with Crippen LogP contribution in [0.25, 0.3) is 6.08 Å². The lowest BCUT2D eigenvalue weighted by atomic mass is 10.1. The third-order valence-electron chi connectivity index (χ3n) is 3.36. The molecule has 0 spiro atoms. The minimum Gasteiger partial charge on any atom is -0.508 e. The van der Waals surface area contributed by atoms with E-state index in [9.17, 15) is 9.90 Å². The average molecular weight is 281 g/mol. The number of nitrogens with zero attached hydrogens (tertiary/aromatic N) is 1. The molecule has 2 aromatic carbocycles. The topological polar surface area (TPSA) is 49.8 Å². The summed E-state index contributed by atoms with van der Waals surface area (Å²) in [5, 5.41) is 9.43. The molecule has 0 amide bonds. The lowest BCUT2D eigenvalue weighted by Gasteiger charge is -2.11. The van der Waals surface area contributed by atoms with E-state index in [1.807, 2.05) is 43.3 Å². The number of fused-ring (bicyclic) bond motifs is 1. The molecule has 0 atom stereocenters. The first kappa shape index (κ1) is 13.2. The van der Waals surface area contributed by atoms with Crippen LogP contribution in [-0.2, 0) is 0 Å². The summed E-state index contributed by atoms with van der Waals surface area (Å²) in [5.41, 5.74) is 2.45. The van der Waals surface area contributed by atoms with Gasteiger partial charge in [-0.25, -0.2) is 0 Å². The Morgan fingerprint density at radius 2 is 1.81 bits per heavy atom. The Morgan fingerprint density at radius 1 is 1.10 bits per heavy atom. The molecule has 21 heavy (non-hydrogen) atoms. The number of Topliss-reactive ketones (excluding diaryl/α,β-unsaturated/α-hetero) is 1. The van der Waals surface area contributed by atoms with E-state index in [0.717, 1.165) is 11.3 Å². The second-order valence-electron chi connectivity index (χ2n) is 5.11. The van der Waals surface area contributed by atoms with Crippen molar-refractivity contribution in [3.63, 3.8) is 0 Å². The summed E-state index contributed by atoms with van der Waals surface area (Å²) in [6, 6.07) is 12.3. The molecule has 0 aliphatic carbocycles. The molecule has 1 heterocycles. The van der Waals surface area contributed by atoms with Crippen molar-refractivity contribution in [1.29, 1.82) is 0 Å². The van der Waals surface area contributed by atoms with E-state index >= 15 is 0 Å². The predicted octanol–water partition coefficient (Wildman–Crippen LogP) is 3.07. The quantitative estimate of drug-likeness (QED) is 0.859. The van der Waals surface area contributed by atoms with Crippen molar-refractivity contribution in [3.8, 4) is 11.5 Å². The summed E-state index contributed by atoms with van der Waals surface area (Å²) in [4.78, 5) is 14.2. The van der Waals surface area contributed by atoms with Crippen molar-refractivity contribution in [3.05, 3.63) is 59.4 Å². The van der Waals surface area contributed by atoms with E-state index in [4.69, 9.17) is 4.74 Å². The number of ketones is 1. The van der Waals surface area contributed by atoms with Crippen LogP contribution >= 0.6 is 0 Å². The van der Waals surface area contributed by atoms with Crippen LogP contribution in [0.5, 0.6) is 11.5 Å². The molecular formula is C17H15NO3. The van der Waals surface area contributed by atoms with E-state index in [2.05, 4.69) is 0 Å². The van der Waals surface area contributed by atoms with E-state index in [-0.39, 0.29) is 17.3 Å². The van der Waals surface area contributed by atoms with Crippen LogP contribution in [0.3, 0.4) is 0 Å². The normalized spacial score (nSPS) is 15.0. The fraction of sp³-hybridized carbons (Fsp3) is 0.118. The Kier molecular flexibility index (Phi) is 3.14. The minimum atomic E-state index is -0.165. The van der Waals surface area contributed by atoms with Crippen LogP contribution in [-0.4, -0.2) is 25.0 Å². The molecule has 1 aliphatic heterocycles. The highest BCUT2D eigenvalue weighted by atomic mass is 16.5. The number of rotatable bonds is 2. The van der Waals surface area contributed by atoms with Crippen molar-refractivity contribution >= 4 is 17.5 Å². The number of hydrogen-bond acceptors (Lipinski definition) is 4. The molecule has 4 heteroatoms. The number of carbonyl (C=O) groups is 1. The second kappa shape index (κ2) is 4.98. The molecule has 0 radical (unpaired) electrons. The maximum Gasteiger partial charge on any atom is 0.231 e. The monoisotopic (exact) mass is 281 g/mol. The van der Waals surface area contributed by atoms with Gasteiger partial charge in [0.05, 0.1) is 5.56 Å². The van der Waals surface area contributed by atoms with Crippen LogP contribution in [0.4, 0.5) is 5.69 Å². The lowest BCUT2D eigenvalue weighted by Crippen LogP contribution is -2.08. The fourth-order valence-electron chi connectivity index (χ4n) is 2.20. The number of carbonyl (C=O) groups excluding carboxylic acids is 1. The Balaban J connectivity index is 1.90. The van der Waals surface area contributed by atoms with Gasteiger partial charge in [-0.2, -0.15) is 0 Å². The summed E-state index contributed by atoms with van der Waals surface area (Å²) < 4.78 is 5.52. The van der Waals surface area contributed by atoms with Gasteiger partial charge in [0.15, 0.2) is 5.76 Å². The molecule has 0 aromatic heterocycles. The van der Waals surface area contributed by atoms with Gasteiger partial charge in [-0.15, -0.1) is 0 Å². The van der Waals surface area contributed by atoms with Crippen LogP contribution in [0.2, 0.25) is 0 Å². The average Bonchev–Trinajstić information content (AvgIpc) is 2.75. The molecule has 1 aliphatic rings. The molecule has 4 nitrogen and oxygen atoms in total. The largest absolute Gasteiger partial charge is 0.508 e. The van der Waals surface area contributed by atoms with Crippen molar-refractivity contribution in [2.45, 2.75) is 0 Å². The van der Waals surface area contributed by atoms with Gasteiger partial charge in [-0.3, -0.25) is 4.79 Å². The van der Waals surface area contributed by atoms with Crippen LogP contribution in [0.1, 0.15) is 15.9 Å². The molecule has 0 unspecified atom stereocenters. The van der Waals surface area contributed by atoms with Crippen LogP contribution < -0.4 is 9.64 Å². The molecule has 1 N–H and O–H groups in total. The van der Waals surface area contributed by atoms with Gasteiger partial charge in [0.1, 0.15) is 11.5 Å². The predicted molar refractivity (Wildman–Crippen MR) is 81.8 cm³/mol. The van der Waals surface area contributed by atoms with Gasteiger partial charge >= 0.3 is 0 Å². The Morgan fingerprint density at radius 3 is 2.48 bits per heavy atom. The number of phenols is 1. The van der Waals surface area contributed by atoms with E-state index < -0.39 is 0 Å². The van der Waals surface area contributed by atoms with Gasteiger partial charge in [0.25, 0.3) is 0 Å². The van der Waals surface area contributed by atoms with Crippen molar-refractivity contribution < 1.29 is 14.6 Å². The van der Waals surface area contributed by atoms with Gasteiger partial charge < -0.3 is 14.7 Å². The van der Waals surface area contributed by atoms with Crippen LogP contribution in [0.15, 0.2) is 48.2 Å². The highest BCUT2D eigenvalue weighted by Gasteiger charge is 2.27. The summed E-state index contributed by atoms with van der Waals surface area (Å²) in [6.07, 6.45) is 1.71. The minimum absolute atomic E-state index is 0.0816. The second-order valence-corrected chi connectivity index (χ2v) is 5.11. The maximum absolute atomic E-state index is 12.2. The molecular weight excluding hydrogens is 266 g/mol. The van der Waals surface area contributed by atoms with Crippen molar-refractivity contribution in [2.24, 2.45) is 0 Å². The highest BCUT2D eigenvalue weighted by molar-refractivity contribution is 6.14. The zero-order chi connectivity index (χ0) is 15.0. The van der Waals surface area contributed by atoms with Crippen LogP contribution in [0, 0.1) is 0 Å². The molecule has 106 valence electrons. The van der Waals surface area contributed by atoms with Gasteiger partial charge in [0, 0.05) is 25.8 Å². The SMILES string of the molecule is CN(C)c1ccc(/C=C2\Oc3cc(O)ccc3C2=O)cc1. The third-order valence-corrected chi connectivity index (χ3v) is 3.36. The molecule has 0 saturated heterocycles. The zero-order valence-electron chi connectivity index (χ0n) is 11.8. The first-order valence-electron chi connectivity index (χ1n) is 6.59. The number of anilines is 1. The number of benzene rings is 2. The summed E-state index contributed by atoms with van der Waals surface area (Å²) in [7, 11) is 3.94. The Bertz CT molecular complexity index is 730. The molecule has 0 bridgehead atoms. The van der Waals surface area contributed by atoms with E-state index in [1.54, 1.807) is 12.1 Å². The Hall–Kier alpha value is -2.75. The van der Waals surface area contributed by atoms with Crippen molar-refractivity contribution in [2.75, 3.05) is 19.0 Å². The van der Waals surface area contributed by atoms with E-state index in [1.165, 1.54) is 12.1 Å². The third kappa shape index (κ3) is 2.48. The number of ether oxygens (including phenoxy) is 1. The highest BCUT2D eigenvalue weighted by Crippen LogP contribution is 2.34. The molecule has 2 aromatic rings. The molecule has 0 saturated carbocycles. The summed E-state index contributed by atoms with van der Waals surface area (Å²) in [6.45, 7) is 0. The van der Waals surface area contributed by atoms with Gasteiger partial charge in [0.2, 0.25) is 5.78 Å². The summed E-state index contributed by atoms with van der Waals surface area (Å²) >= 11 is 0. The number of aromatic hydroxyl groups is 1. The first-order chi connectivity index (χ1) is 10.0. The first-order valence-corrected chi connectivity index (χ1v) is 6.59. The smallest absolute Gasteiger partial charge is 0.231 e. The maximum atomic E-state index is 12.2. The fourth-order valence-corrected chi connectivity index (χ4v) is 2.20. The molecule has 0 fully saturated rings. The number of allylic oxidation sites excluding steroid dienone is 1.